The summed E-state index contributed by atoms with van der Waals surface area (Å²) in [5, 5.41) is 8.77. The zero-order valence-corrected chi connectivity index (χ0v) is 11.0. The predicted octanol–water partition coefficient (Wildman–Crippen LogP) is 2.28. The molecule has 2 rings (SSSR count). The van der Waals surface area contributed by atoms with Crippen LogP contribution in [0.5, 0.6) is 0 Å². The van der Waals surface area contributed by atoms with Crippen LogP contribution in [0.4, 0.5) is 0 Å². The van der Waals surface area contributed by atoms with Gasteiger partial charge in [0.1, 0.15) is 0 Å². The van der Waals surface area contributed by atoms with E-state index in [2.05, 4.69) is 34.3 Å². The van der Waals surface area contributed by atoms with Crippen molar-refractivity contribution in [3.63, 3.8) is 0 Å². The first kappa shape index (κ1) is 12.0. The minimum atomic E-state index is 0.690. The average Bonchev–Trinajstić information content (AvgIpc) is 2.94. The van der Waals surface area contributed by atoms with Crippen molar-refractivity contribution in [2.24, 2.45) is 0 Å². The van der Waals surface area contributed by atoms with E-state index in [1.807, 2.05) is 18.0 Å². The average molecular weight is 239 g/mol. The van der Waals surface area contributed by atoms with Gasteiger partial charge in [-0.15, -0.1) is 0 Å². The number of aryl methyl sites for hydroxylation is 1. The molecule has 3 nitrogen and oxygen atoms in total. The number of rotatable bonds is 5. The fourth-order valence-corrected chi connectivity index (χ4v) is 3.44. The lowest BCUT2D eigenvalue weighted by Gasteiger charge is -2.19. The minimum absolute atomic E-state index is 0.690. The molecule has 0 amide bonds. The highest BCUT2D eigenvalue weighted by molar-refractivity contribution is 7.99. The Labute approximate surface area is 102 Å². The highest BCUT2D eigenvalue weighted by atomic mass is 32.2. The molecule has 1 aliphatic carbocycles. The van der Waals surface area contributed by atoms with E-state index in [-0.39, 0.29) is 0 Å². The van der Waals surface area contributed by atoms with Gasteiger partial charge >= 0.3 is 0 Å². The lowest BCUT2D eigenvalue weighted by molar-refractivity contribution is 0.505. The summed E-state index contributed by atoms with van der Waals surface area (Å²) < 4.78 is 2.07. The largest absolute Gasteiger partial charge is 0.307 e. The molecule has 1 saturated carbocycles. The Bertz CT molecular complexity index is 324. The Balaban J connectivity index is 1.87. The van der Waals surface area contributed by atoms with Crippen molar-refractivity contribution in [3.05, 3.63) is 18.0 Å². The maximum absolute atomic E-state index is 4.29. The summed E-state index contributed by atoms with van der Waals surface area (Å²) >= 11 is 2.00. The molecule has 1 aromatic heterocycles. The Hall–Kier alpha value is -0.480. The molecular formula is C12H21N3S. The molecular weight excluding hydrogens is 218 g/mol. The van der Waals surface area contributed by atoms with Gasteiger partial charge in [-0.05, 0) is 32.1 Å². The number of aromatic nitrogens is 2. The van der Waals surface area contributed by atoms with Gasteiger partial charge in [-0.2, -0.15) is 16.9 Å². The molecule has 1 aliphatic rings. The van der Waals surface area contributed by atoms with Crippen LogP contribution in [0.25, 0.3) is 0 Å². The Morgan fingerprint density at radius 3 is 3.19 bits per heavy atom. The van der Waals surface area contributed by atoms with Gasteiger partial charge in [-0.25, -0.2) is 0 Å². The van der Waals surface area contributed by atoms with E-state index >= 15 is 0 Å². The van der Waals surface area contributed by atoms with Gasteiger partial charge in [0, 0.05) is 30.6 Å². The predicted molar refractivity (Wildman–Crippen MR) is 69.7 cm³/mol. The van der Waals surface area contributed by atoms with Crippen LogP contribution in [0.2, 0.25) is 0 Å². The number of nitrogens with zero attached hydrogens (tertiary/aromatic N) is 2. The van der Waals surface area contributed by atoms with Gasteiger partial charge in [0.25, 0.3) is 0 Å². The van der Waals surface area contributed by atoms with E-state index in [9.17, 15) is 0 Å². The standard InChI is InChI=1S/C12H21N3S/c1-3-15-10(7-8-14-15)9-13-11-5-4-6-12(11)16-2/h7-8,11-13H,3-6,9H2,1-2H3. The zero-order chi connectivity index (χ0) is 11.4. The van der Waals surface area contributed by atoms with E-state index in [0.29, 0.717) is 6.04 Å². The van der Waals surface area contributed by atoms with Crippen molar-refractivity contribution in [1.29, 1.82) is 0 Å². The van der Waals surface area contributed by atoms with Crippen LogP contribution in [0.15, 0.2) is 12.3 Å². The monoisotopic (exact) mass is 239 g/mol. The van der Waals surface area contributed by atoms with Crippen LogP contribution >= 0.6 is 11.8 Å². The van der Waals surface area contributed by atoms with Crippen LogP contribution in [-0.4, -0.2) is 27.3 Å². The van der Waals surface area contributed by atoms with Crippen molar-refractivity contribution in [2.75, 3.05) is 6.26 Å². The number of hydrogen-bond acceptors (Lipinski definition) is 3. The quantitative estimate of drug-likeness (QED) is 0.855. The Morgan fingerprint density at radius 2 is 2.44 bits per heavy atom. The molecule has 0 spiro atoms. The van der Waals surface area contributed by atoms with Gasteiger partial charge < -0.3 is 5.32 Å². The van der Waals surface area contributed by atoms with Gasteiger partial charge in [0.15, 0.2) is 0 Å². The van der Waals surface area contributed by atoms with E-state index in [1.54, 1.807) is 0 Å². The highest BCUT2D eigenvalue weighted by Gasteiger charge is 2.25. The van der Waals surface area contributed by atoms with E-state index in [1.165, 1.54) is 25.0 Å². The molecule has 1 fully saturated rings. The van der Waals surface area contributed by atoms with Crippen molar-refractivity contribution in [2.45, 2.75) is 50.6 Å². The summed E-state index contributed by atoms with van der Waals surface area (Å²) in [4.78, 5) is 0. The maximum atomic E-state index is 4.29. The Morgan fingerprint density at radius 1 is 1.56 bits per heavy atom. The van der Waals surface area contributed by atoms with Gasteiger partial charge in [-0.3, -0.25) is 4.68 Å². The third kappa shape index (κ3) is 2.61. The van der Waals surface area contributed by atoms with Gasteiger partial charge in [0.05, 0.1) is 5.69 Å². The zero-order valence-electron chi connectivity index (χ0n) is 10.1. The molecule has 0 bridgehead atoms. The lowest BCUT2D eigenvalue weighted by Crippen LogP contribution is -2.34. The first-order valence-electron chi connectivity index (χ1n) is 6.12. The Kier molecular flexibility index (Phi) is 4.29. The maximum Gasteiger partial charge on any atom is 0.0522 e. The van der Waals surface area contributed by atoms with E-state index in [0.717, 1.165) is 18.3 Å². The van der Waals surface area contributed by atoms with Crippen molar-refractivity contribution < 1.29 is 0 Å². The fourth-order valence-electron chi connectivity index (χ4n) is 2.47. The van der Waals surface area contributed by atoms with E-state index in [4.69, 9.17) is 0 Å². The molecule has 1 heterocycles. The number of hydrogen-bond donors (Lipinski definition) is 1. The van der Waals surface area contributed by atoms with Crippen LogP contribution in [0.1, 0.15) is 31.9 Å². The third-order valence-electron chi connectivity index (χ3n) is 3.40. The second-order valence-corrected chi connectivity index (χ2v) is 5.41. The van der Waals surface area contributed by atoms with Crippen LogP contribution in [-0.2, 0) is 13.1 Å². The highest BCUT2D eigenvalue weighted by Crippen LogP contribution is 2.28. The van der Waals surface area contributed by atoms with Crippen molar-refractivity contribution >= 4 is 11.8 Å². The smallest absolute Gasteiger partial charge is 0.0522 e. The molecule has 0 aliphatic heterocycles. The molecule has 0 aromatic carbocycles. The first-order chi connectivity index (χ1) is 7.85. The summed E-state index contributed by atoms with van der Waals surface area (Å²) in [5.41, 5.74) is 1.30. The second-order valence-electron chi connectivity index (χ2n) is 4.33. The molecule has 2 atom stereocenters. The summed E-state index contributed by atoms with van der Waals surface area (Å²) in [5.74, 6) is 0. The van der Waals surface area contributed by atoms with Crippen LogP contribution in [0, 0.1) is 0 Å². The van der Waals surface area contributed by atoms with E-state index < -0.39 is 0 Å². The molecule has 2 unspecified atom stereocenters. The minimum Gasteiger partial charge on any atom is -0.307 e. The van der Waals surface area contributed by atoms with Crippen LogP contribution in [0.3, 0.4) is 0 Å². The lowest BCUT2D eigenvalue weighted by atomic mass is 10.2. The second kappa shape index (κ2) is 5.73. The molecule has 16 heavy (non-hydrogen) atoms. The summed E-state index contributed by atoms with van der Waals surface area (Å²) in [6, 6.07) is 2.80. The fraction of sp³-hybridized carbons (Fsp3) is 0.750. The van der Waals surface area contributed by atoms with Crippen LogP contribution < -0.4 is 5.32 Å². The summed E-state index contributed by atoms with van der Waals surface area (Å²) in [6.07, 6.45) is 8.18. The first-order valence-corrected chi connectivity index (χ1v) is 7.40. The summed E-state index contributed by atoms with van der Waals surface area (Å²) in [7, 11) is 0. The molecule has 4 heteroatoms. The topological polar surface area (TPSA) is 29.9 Å². The molecule has 0 radical (unpaired) electrons. The molecule has 90 valence electrons. The third-order valence-corrected chi connectivity index (χ3v) is 4.57. The molecule has 1 N–H and O–H groups in total. The normalized spacial score (nSPS) is 25.1. The number of thioether (sulfide) groups is 1. The molecule has 1 aromatic rings. The SMILES string of the molecule is CCn1nccc1CNC1CCCC1SC. The van der Waals surface area contributed by atoms with Gasteiger partial charge in [0.2, 0.25) is 0 Å². The summed E-state index contributed by atoms with van der Waals surface area (Å²) in [6.45, 7) is 4.05. The molecule has 0 saturated heterocycles. The van der Waals surface area contributed by atoms with Crippen molar-refractivity contribution in [1.82, 2.24) is 15.1 Å². The van der Waals surface area contributed by atoms with Gasteiger partial charge in [-0.1, -0.05) is 6.42 Å². The van der Waals surface area contributed by atoms with Crippen molar-refractivity contribution in [3.8, 4) is 0 Å². The number of nitrogens with one attached hydrogen (secondary N) is 1.